The van der Waals surface area contributed by atoms with Crippen LogP contribution in [0.2, 0.25) is 0 Å². The number of nitrogens with zero attached hydrogens (tertiary/aromatic N) is 2. The van der Waals surface area contributed by atoms with Gasteiger partial charge in [-0.25, -0.2) is 5.43 Å². The van der Waals surface area contributed by atoms with E-state index >= 15 is 0 Å². The summed E-state index contributed by atoms with van der Waals surface area (Å²) < 4.78 is 1.79. The normalized spacial score (nSPS) is 10.0. The molecule has 0 bridgehead atoms. The van der Waals surface area contributed by atoms with Gasteiger partial charge in [-0.05, 0) is 11.4 Å². The third-order valence-electron chi connectivity index (χ3n) is 2.03. The van der Waals surface area contributed by atoms with Gasteiger partial charge in [0, 0.05) is 17.0 Å². The molecule has 2 aromatic rings. The number of thiophene rings is 1. The Morgan fingerprint density at radius 3 is 2.78 bits per heavy atom. The molecule has 4 nitrogen and oxygen atoms in total. The van der Waals surface area contributed by atoms with Gasteiger partial charge < -0.3 is 12.4 Å². The standard InChI is InChI=1S/C12H11N3OS.ClH/c16-12(10-15-6-2-1-3-7-15)14-13-9-11-5-4-8-17-11;/h1-9H,10H2;1H. The third-order valence-corrected chi connectivity index (χ3v) is 2.83. The molecule has 0 spiro atoms. The smallest absolute Gasteiger partial charge is 0.305 e. The van der Waals surface area contributed by atoms with Crippen LogP contribution >= 0.6 is 11.3 Å². The monoisotopic (exact) mass is 281 g/mol. The van der Waals surface area contributed by atoms with E-state index in [1.165, 1.54) is 0 Å². The summed E-state index contributed by atoms with van der Waals surface area (Å²) in [7, 11) is 0. The summed E-state index contributed by atoms with van der Waals surface area (Å²) in [5.41, 5.74) is 2.49. The molecule has 2 aromatic heterocycles. The predicted molar refractivity (Wildman–Crippen MR) is 66.7 cm³/mol. The average Bonchev–Trinajstić information content (AvgIpc) is 2.83. The van der Waals surface area contributed by atoms with E-state index in [2.05, 4.69) is 10.5 Å². The van der Waals surface area contributed by atoms with Gasteiger partial charge in [-0.1, -0.05) is 12.1 Å². The van der Waals surface area contributed by atoms with Crippen molar-refractivity contribution in [1.82, 2.24) is 5.43 Å². The van der Waals surface area contributed by atoms with Crippen LogP contribution in [0.3, 0.4) is 0 Å². The molecule has 0 unspecified atom stereocenters. The van der Waals surface area contributed by atoms with E-state index in [0.717, 1.165) is 4.88 Å². The lowest BCUT2D eigenvalue weighted by atomic mass is 10.4. The highest BCUT2D eigenvalue weighted by molar-refractivity contribution is 7.11. The Labute approximate surface area is 115 Å². The van der Waals surface area contributed by atoms with E-state index in [4.69, 9.17) is 0 Å². The number of hydrazone groups is 1. The van der Waals surface area contributed by atoms with Crippen molar-refractivity contribution in [3.63, 3.8) is 0 Å². The van der Waals surface area contributed by atoms with Crippen molar-refractivity contribution >= 4 is 23.5 Å². The topological polar surface area (TPSA) is 45.3 Å². The van der Waals surface area contributed by atoms with Crippen LogP contribution in [0.5, 0.6) is 0 Å². The first-order chi connectivity index (χ1) is 8.34. The molecule has 0 radical (unpaired) electrons. The number of rotatable bonds is 4. The van der Waals surface area contributed by atoms with Gasteiger partial charge in [-0.15, -0.1) is 11.3 Å². The fraction of sp³-hybridized carbons (Fsp3) is 0.0833. The molecule has 0 saturated heterocycles. The molecule has 0 aliphatic heterocycles. The number of pyridine rings is 1. The highest BCUT2D eigenvalue weighted by atomic mass is 35.5. The maximum atomic E-state index is 11.5. The Bertz CT molecular complexity index is 499. The molecular weight excluding hydrogens is 270 g/mol. The van der Waals surface area contributed by atoms with Crippen LogP contribution in [0.15, 0.2) is 53.2 Å². The average molecular weight is 282 g/mol. The van der Waals surface area contributed by atoms with Crippen LogP contribution in [0.25, 0.3) is 0 Å². The number of amides is 1. The first-order valence-corrected chi connectivity index (χ1v) is 6.02. The molecule has 0 atom stereocenters. The quantitative estimate of drug-likeness (QED) is 0.401. The Morgan fingerprint density at radius 2 is 2.11 bits per heavy atom. The molecular formula is C12H12ClN3OS. The summed E-state index contributed by atoms with van der Waals surface area (Å²) in [5.74, 6) is -0.144. The van der Waals surface area contributed by atoms with Crippen molar-refractivity contribution in [1.29, 1.82) is 0 Å². The van der Waals surface area contributed by atoms with E-state index in [1.54, 1.807) is 22.1 Å². The number of carbonyl (C=O) groups excluding carboxylic acids is 1. The van der Waals surface area contributed by atoms with Gasteiger partial charge in [0.1, 0.15) is 0 Å². The number of carbonyl (C=O) groups is 1. The maximum Gasteiger partial charge on any atom is 0.305 e. The van der Waals surface area contributed by atoms with E-state index in [1.807, 2.05) is 48.1 Å². The fourth-order valence-electron chi connectivity index (χ4n) is 1.27. The van der Waals surface area contributed by atoms with E-state index in [9.17, 15) is 4.79 Å². The molecule has 1 amide bonds. The molecule has 2 rings (SSSR count). The molecule has 94 valence electrons. The first kappa shape index (κ1) is 14.3. The second-order valence-corrected chi connectivity index (χ2v) is 4.34. The summed E-state index contributed by atoms with van der Waals surface area (Å²) in [6.07, 6.45) is 5.31. The summed E-state index contributed by atoms with van der Waals surface area (Å²) >= 11 is 1.57. The van der Waals surface area contributed by atoms with Gasteiger partial charge in [-0.3, -0.25) is 4.79 Å². The summed E-state index contributed by atoms with van der Waals surface area (Å²) in [5, 5.41) is 5.84. The van der Waals surface area contributed by atoms with Gasteiger partial charge in [-0.2, -0.15) is 9.67 Å². The van der Waals surface area contributed by atoms with Crippen molar-refractivity contribution in [2.75, 3.05) is 0 Å². The second-order valence-electron chi connectivity index (χ2n) is 3.36. The molecule has 0 saturated carbocycles. The number of hydrogen-bond donors (Lipinski definition) is 1. The minimum atomic E-state index is -0.144. The molecule has 0 aliphatic rings. The van der Waals surface area contributed by atoms with Gasteiger partial charge in [0.2, 0.25) is 6.54 Å². The number of aromatic nitrogens is 1. The summed E-state index contributed by atoms with van der Waals surface area (Å²) in [4.78, 5) is 12.5. The number of halogens is 1. The van der Waals surface area contributed by atoms with E-state index in [-0.39, 0.29) is 24.9 Å². The highest BCUT2D eigenvalue weighted by Gasteiger charge is 2.06. The molecule has 0 aromatic carbocycles. The van der Waals surface area contributed by atoms with Crippen LogP contribution in [0.4, 0.5) is 0 Å². The lowest BCUT2D eigenvalue weighted by molar-refractivity contribution is -0.684. The molecule has 2 heterocycles. The first-order valence-electron chi connectivity index (χ1n) is 5.14. The second kappa shape index (κ2) is 7.58. The van der Waals surface area contributed by atoms with Crippen LogP contribution in [-0.4, -0.2) is 12.1 Å². The Hall–Kier alpha value is -1.72. The van der Waals surface area contributed by atoms with Crippen LogP contribution in [0, 0.1) is 0 Å². The highest BCUT2D eigenvalue weighted by Crippen LogP contribution is 2.03. The minimum Gasteiger partial charge on any atom is -1.00 e. The molecule has 0 fully saturated rings. The van der Waals surface area contributed by atoms with Crippen molar-refractivity contribution in [3.8, 4) is 0 Å². The van der Waals surface area contributed by atoms with Gasteiger partial charge >= 0.3 is 5.91 Å². The maximum absolute atomic E-state index is 11.5. The van der Waals surface area contributed by atoms with E-state index < -0.39 is 0 Å². The number of hydrogen-bond acceptors (Lipinski definition) is 3. The van der Waals surface area contributed by atoms with Crippen molar-refractivity contribution in [2.24, 2.45) is 5.10 Å². The molecule has 0 aliphatic carbocycles. The largest absolute Gasteiger partial charge is 1.00 e. The Balaban J connectivity index is 0.00000162. The fourth-order valence-corrected chi connectivity index (χ4v) is 1.86. The Morgan fingerprint density at radius 1 is 1.33 bits per heavy atom. The summed E-state index contributed by atoms with van der Waals surface area (Å²) in [6.45, 7) is 0.266. The third kappa shape index (κ3) is 4.65. The zero-order chi connectivity index (χ0) is 11.9. The predicted octanol–water partition coefficient (Wildman–Crippen LogP) is -1.81. The zero-order valence-corrected chi connectivity index (χ0v) is 11.1. The van der Waals surface area contributed by atoms with Gasteiger partial charge in [0.25, 0.3) is 0 Å². The van der Waals surface area contributed by atoms with Crippen LogP contribution < -0.4 is 22.4 Å². The van der Waals surface area contributed by atoms with E-state index in [0.29, 0.717) is 0 Å². The van der Waals surface area contributed by atoms with Crippen molar-refractivity contribution in [3.05, 3.63) is 53.0 Å². The van der Waals surface area contributed by atoms with Crippen LogP contribution in [-0.2, 0) is 11.3 Å². The molecule has 6 heteroatoms. The zero-order valence-electron chi connectivity index (χ0n) is 9.49. The van der Waals surface area contributed by atoms with Gasteiger partial charge in [0.15, 0.2) is 12.4 Å². The summed E-state index contributed by atoms with van der Waals surface area (Å²) in [6, 6.07) is 9.54. The number of nitrogens with one attached hydrogen (secondary N) is 1. The lowest BCUT2D eigenvalue weighted by Crippen LogP contribution is -3.00. The lowest BCUT2D eigenvalue weighted by Gasteiger charge is -1.95. The van der Waals surface area contributed by atoms with Crippen molar-refractivity contribution in [2.45, 2.75) is 6.54 Å². The molecule has 18 heavy (non-hydrogen) atoms. The Kier molecular flexibility index (Phi) is 6.04. The SMILES string of the molecule is O=C(C[n+]1ccccc1)NN=Cc1cccs1.[Cl-]. The van der Waals surface area contributed by atoms with Crippen LogP contribution in [0.1, 0.15) is 4.88 Å². The molecule has 1 N–H and O–H groups in total. The minimum absolute atomic E-state index is 0. The van der Waals surface area contributed by atoms with Gasteiger partial charge in [0.05, 0.1) is 6.21 Å². The van der Waals surface area contributed by atoms with Crippen molar-refractivity contribution < 1.29 is 21.8 Å².